The molecule has 0 saturated carbocycles. The van der Waals surface area contributed by atoms with Crippen LogP contribution in [-0.2, 0) is 0 Å². The highest BCUT2D eigenvalue weighted by atomic mass is 79.9. The van der Waals surface area contributed by atoms with Crippen molar-refractivity contribution in [1.29, 1.82) is 0 Å². The molecule has 0 aliphatic heterocycles. The van der Waals surface area contributed by atoms with Crippen molar-refractivity contribution in [2.24, 2.45) is 0 Å². The number of nitrogens with zero attached hydrogens (tertiary/aromatic N) is 2. The fraction of sp³-hybridized carbons (Fsp3) is 0.0870. The van der Waals surface area contributed by atoms with Gasteiger partial charge in [-0.2, -0.15) is 5.10 Å². The third-order valence-electron chi connectivity index (χ3n) is 4.78. The van der Waals surface area contributed by atoms with Crippen molar-refractivity contribution in [3.05, 3.63) is 88.3 Å². The number of benzene rings is 2. The molecular weight excluding hydrogens is 474 g/mol. The Kier molecular flexibility index (Phi) is 6.09. The zero-order valence-electron chi connectivity index (χ0n) is 17.3. The van der Waals surface area contributed by atoms with Crippen LogP contribution in [0.1, 0.15) is 26.4 Å². The molecule has 8 nitrogen and oxygen atoms in total. The first-order valence-corrected chi connectivity index (χ1v) is 10.5. The monoisotopic (exact) mass is 493 g/mol. The van der Waals surface area contributed by atoms with E-state index in [1.54, 1.807) is 36.3 Å². The minimum Gasteiger partial charge on any atom is -0.497 e. The first-order chi connectivity index (χ1) is 15.4. The molecule has 0 fully saturated rings. The number of ether oxygens (including phenoxy) is 1. The Morgan fingerprint density at radius 3 is 2.50 bits per heavy atom. The van der Waals surface area contributed by atoms with Crippen LogP contribution in [0.25, 0.3) is 16.9 Å². The average Bonchev–Trinajstić information content (AvgIpc) is 3.45. The summed E-state index contributed by atoms with van der Waals surface area (Å²) >= 11 is 3.27. The predicted octanol–water partition coefficient (Wildman–Crippen LogP) is 4.02. The number of hydrogen-bond donors (Lipinski definition) is 3. The summed E-state index contributed by atoms with van der Waals surface area (Å²) in [7, 11) is 1.58. The van der Waals surface area contributed by atoms with Crippen LogP contribution in [0.15, 0.2) is 71.5 Å². The first kappa shape index (κ1) is 21.4. The lowest BCUT2D eigenvalue weighted by Gasteiger charge is -2.07. The molecule has 4 rings (SSSR count). The van der Waals surface area contributed by atoms with E-state index in [0.717, 1.165) is 15.7 Å². The van der Waals surface area contributed by atoms with Crippen molar-refractivity contribution < 1.29 is 14.3 Å². The minimum atomic E-state index is -0.500. The molecule has 0 saturated heterocycles. The van der Waals surface area contributed by atoms with Crippen LogP contribution in [0, 0.1) is 6.92 Å². The first-order valence-electron chi connectivity index (χ1n) is 9.70. The second-order valence-corrected chi connectivity index (χ2v) is 7.96. The van der Waals surface area contributed by atoms with E-state index in [0.29, 0.717) is 28.3 Å². The van der Waals surface area contributed by atoms with Gasteiger partial charge in [0.05, 0.1) is 18.4 Å². The number of amides is 2. The summed E-state index contributed by atoms with van der Waals surface area (Å²) in [4.78, 5) is 28.1. The van der Waals surface area contributed by atoms with Gasteiger partial charge in [-0.15, -0.1) is 0 Å². The van der Waals surface area contributed by atoms with Crippen LogP contribution in [-0.4, -0.2) is 33.7 Å². The van der Waals surface area contributed by atoms with Crippen LogP contribution in [0.4, 0.5) is 0 Å². The van der Waals surface area contributed by atoms with Gasteiger partial charge in [-0.3, -0.25) is 20.4 Å². The number of halogens is 1. The summed E-state index contributed by atoms with van der Waals surface area (Å²) in [5, 5.41) is 4.64. The van der Waals surface area contributed by atoms with Crippen LogP contribution in [0.3, 0.4) is 0 Å². The topological polar surface area (TPSA) is 101 Å². The van der Waals surface area contributed by atoms with Crippen molar-refractivity contribution in [2.45, 2.75) is 6.92 Å². The maximum absolute atomic E-state index is 13.0. The van der Waals surface area contributed by atoms with Gasteiger partial charge in [0.1, 0.15) is 17.1 Å². The lowest BCUT2D eigenvalue weighted by Crippen LogP contribution is -2.41. The van der Waals surface area contributed by atoms with E-state index < -0.39 is 11.8 Å². The standard InChI is InChI=1S/C23H20BrN5O3/c1-14-6-8-17(9-7-14)29-13-19(21(28-29)15-4-3-5-18(10-15)32-2)22(30)26-27-23(31)20-11-16(24)12-25-20/h3-13,25H,1-2H3,(H,26,30)(H,27,31). The zero-order valence-corrected chi connectivity index (χ0v) is 18.9. The van der Waals surface area contributed by atoms with Gasteiger partial charge in [-0.05, 0) is 53.2 Å². The number of aryl methyl sites for hydroxylation is 1. The maximum atomic E-state index is 13.0. The third-order valence-corrected chi connectivity index (χ3v) is 5.24. The minimum absolute atomic E-state index is 0.298. The summed E-state index contributed by atoms with van der Waals surface area (Å²) in [6.07, 6.45) is 3.26. The SMILES string of the molecule is COc1cccc(-c2nn(-c3ccc(C)cc3)cc2C(=O)NNC(=O)c2cc(Br)c[nH]2)c1. The van der Waals surface area contributed by atoms with Gasteiger partial charge in [0.25, 0.3) is 11.8 Å². The molecule has 4 aromatic rings. The highest BCUT2D eigenvalue weighted by Gasteiger charge is 2.20. The quantitative estimate of drug-likeness (QED) is 0.365. The second-order valence-electron chi connectivity index (χ2n) is 7.04. The van der Waals surface area contributed by atoms with Gasteiger partial charge < -0.3 is 9.72 Å². The molecule has 0 radical (unpaired) electrons. The van der Waals surface area contributed by atoms with Crippen LogP contribution in [0.2, 0.25) is 0 Å². The van der Waals surface area contributed by atoms with E-state index in [2.05, 4.69) is 36.9 Å². The van der Waals surface area contributed by atoms with Crippen molar-refractivity contribution in [3.8, 4) is 22.7 Å². The number of carbonyl (C=O) groups is 2. The number of rotatable bonds is 5. The molecule has 32 heavy (non-hydrogen) atoms. The number of H-pyrrole nitrogens is 1. The number of hydrazine groups is 1. The number of aromatic amines is 1. The van der Waals surface area contributed by atoms with Crippen LogP contribution >= 0.6 is 15.9 Å². The van der Waals surface area contributed by atoms with Crippen molar-refractivity contribution >= 4 is 27.7 Å². The van der Waals surface area contributed by atoms with Crippen LogP contribution in [0.5, 0.6) is 5.75 Å². The summed E-state index contributed by atoms with van der Waals surface area (Å²) in [6.45, 7) is 2.00. The summed E-state index contributed by atoms with van der Waals surface area (Å²) in [6, 6.07) is 16.7. The predicted molar refractivity (Wildman–Crippen MR) is 124 cm³/mol. The van der Waals surface area contributed by atoms with Gasteiger partial charge in [-0.1, -0.05) is 29.8 Å². The number of carbonyl (C=O) groups excluding carboxylic acids is 2. The van der Waals surface area contributed by atoms with Crippen LogP contribution < -0.4 is 15.6 Å². The van der Waals surface area contributed by atoms with E-state index in [1.807, 2.05) is 49.4 Å². The van der Waals surface area contributed by atoms with E-state index in [9.17, 15) is 9.59 Å². The summed E-state index contributed by atoms with van der Waals surface area (Å²) in [5.41, 5.74) is 8.57. The Bertz CT molecular complexity index is 1280. The van der Waals surface area contributed by atoms with Gasteiger partial charge in [0.15, 0.2) is 0 Å². The van der Waals surface area contributed by atoms with E-state index >= 15 is 0 Å². The highest BCUT2D eigenvalue weighted by Crippen LogP contribution is 2.27. The maximum Gasteiger partial charge on any atom is 0.286 e. The molecule has 0 atom stereocenters. The van der Waals surface area contributed by atoms with Crippen molar-refractivity contribution in [3.63, 3.8) is 0 Å². The van der Waals surface area contributed by atoms with Gasteiger partial charge in [0.2, 0.25) is 0 Å². The third kappa shape index (κ3) is 4.57. The van der Waals surface area contributed by atoms with E-state index in [-0.39, 0.29) is 0 Å². The molecule has 2 aromatic heterocycles. The fourth-order valence-corrected chi connectivity index (χ4v) is 3.44. The zero-order chi connectivity index (χ0) is 22.7. The van der Waals surface area contributed by atoms with E-state index in [1.165, 1.54) is 0 Å². The number of nitrogens with one attached hydrogen (secondary N) is 3. The number of methoxy groups -OCH3 is 1. The Morgan fingerprint density at radius 2 is 1.81 bits per heavy atom. The van der Waals surface area contributed by atoms with Gasteiger partial charge >= 0.3 is 0 Å². The Morgan fingerprint density at radius 1 is 1.06 bits per heavy atom. The Balaban J connectivity index is 1.66. The number of aromatic nitrogens is 3. The molecule has 0 aliphatic carbocycles. The highest BCUT2D eigenvalue weighted by molar-refractivity contribution is 9.10. The fourth-order valence-electron chi connectivity index (χ4n) is 3.10. The molecule has 2 aromatic carbocycles. The largest absolute Gasteiger partial charge is 0.497 e. The molecule has 0 bridgehead atoms. The lowest BCUT2D eigenvalue weighted by atomic mass is 10.1. The smallest absolute Gasteiger partial charge is 0.286 e. The van der Waals surface area contributed by atoms with E-state index in [4.69, 9.17) is 4.74 Å². The van der Waals surface area contributed by atoms with Gasteiger partial charge in [-0.25, -0.2) is 4.68 Å². The molecule has 0 aliphatic rings. The molecule has 0 spiro atoms. The van der Waals surface area contributed by atoms with Crippen molar-refractivity contribution in [2.75, 3.05) is 7.11 Å². The molecule has 9 heteroatoms. The normalized spacial score (nSPS) is 10.6. The lowest BCUT2D eigenvalue weighted by molar-refractivity contribution is 0.0844. The molecular formula is C23H20BrN5O3. The Hall–Kier alpha value is -3.85. The van der Waals surface area contributed by atoms with Gasteiger partial charge in [0, 0.05) is 22.4 Å². The summed E-state index contributed by atoms with van der Waals surface area (Å²) < 4.78 is 7.67. The molecule has 2 heterocycles. The van der Waals surface area contributed by atoms with Crippen molar-refractivity contribution in [1.82, 2.24) is 25.6 Å². The Labute approximate surface area is 192 Å². The molecule has 2 amide bonds. The summed E-state index contributed by atoms with van der Waals surface area (Å²) in [5.74, 6) is -0.331. The number of hydrogen-bond acceptors (Lipinski definition) is 4. The molecule has 0 unspecified atom stereocenters. The second kappa shape index (κ2) is 9.11. The average molecular weight is 494 g/mol. The molecule has 3 N–H and O–H groups in total. The molecule has 162 valence electrons.